The molecule has 1 aliphatic rings. The van der Waals surface area contributed by atoms with E-state index in [4.69, 9.17) is 14.0 Å². The SMILES string of the molecule is COc1ccc(-c2noc([C@@H]3CCCN3C(=O)c3ccccn3)n2)cc1OC. The number of methoxy groups -OCH3 is 2. The first-order chi connectivity index (χ1) is 13.7. The summed E-state index contributed by atoms with van der Waals surface area (Å²) in [6.45, 7) is 0.633. The first-order valence-electron chi connectivity index (χ1n) is 8.99. The second-order valence-electron chi connectivity index (χ2n) is 6.40. The second-order valence-corrected chi connectivity index (χ2v) is 6.40. The van der Waals surface area contributed by atoms with E-state index in [0.717, 1.165) is 18.4 Å². The van der Waals surface area contributed by atoms with E-state index in [1.165, 1.54) is 0 Å². The second kappa shape index (κ2) is 7.67. The van der Waals surface area contributed by atoms with Gasteiger partial charge in [0.1, 0.15) is 11.7 Å². The zero-order valence-electron chi connectivity index (χ0n) is 15.7. The van der Waals surface area contributed by atoms with Gasteiger partial charge in [0.2, 0.25) is 11.7 Å². The maximum absolute atomic E-state index is 12.8. The maximum Gasteiger partial charge on any atom is 0.273 e. The quantitative estimate of drug-likeness (QED) is 0.671. The smallest absolute Gasteiger partial charge is 0.273 e. The van der Waals surface area contributed by atoms with Crippen molar-refractivity contribution in [3.05, 3.63) is 54.2 Å². The molecule has 0 N–H and O–H groups in total. The number of hydrogen-bond donors (Lipinski definition) is 0. The van der Waals surface area contributed by atoms with Crippen LogP contribution < -0.4 is 9.47 Å². The summed E-state index contributed by atoms with van der Waals surface area (Å²) in [7, 11) is 3.15. The first-order valence-corrected chi connectivity index (χ1v) is 8.99. The molecule has 1 aliphatic heterocycles. The summed E-state index contributed by atoms with van der Waals surface area (Å²) >= 11 is 0. The van der Waals surface area contributed by atoms with Crippen LogP contribution in [-0.4, -0.2) is 46.7 Å². The van der Waals surface area contributed by atoms with Crippen molar-refractivity contribution in [3.8, 4) is 22.9 Å². The van der Waals surface area contributed by atoms with Crippen LogP contribution in [0, 0.1) is 0 Å². The van der Waals surface area contributed by atoms with Gasteiger partial charge < -0.3 is 18.9 Å². The molecule has 28 heavy (non-hydrogen) atoms. The average molecular weight is 380 g/mol. The van der Waals surface area contributed by atoms with Gasteiger partial charge in [-0.25, -0.2) is 0 Å². The van der Waals surface area contributed by atoms with Crippen molar-refractivity contribution in [1.29, 1.82) is 0 Å². The molecule has 1 saturated heterocycles. The third kappa shape index (κ3) is 3.28. The highest BCUT2D eigenvalue weighted by Crippen LogP contribution is 2.35. The molecule has 4 rings (SSSR count). The van der Waals surface area contributed by atoms with E-state index in [-0.39, 0.29) is 11.9 Å². The summed E-state index contributed by atoms with van der Waals surface area (Å²) in [5, 5.41) is 4.09. The molecule has 1 fully saturated rings. The highest BCUT2D eigenvalue weighted by atomic mass is 16.5. The van der Waals surface area contributed by atoms with E-state index in [0.29, 0.717) is 35.5 Å². The fraction of sp³-hybridized carbons (Fsp3) is 0.300. The molecule has 1 aromatic carbocycles. The van der Waals surface area contributed by atoms with Gasteiger partial charge in [-0.1, -0.05) is 11.2 Å². The van der Waals surface area contributed by atoms with Gasteiger partial charge in [-0.2, -0.15) is 4.98 Å². The Bertz CT molecular complexity index is 973. The molecule has 0 unspecified atom stereocenters. The zero-order chi connectivity index (χ0) is 19.5. The standard InChI is InChI=1S/C20H20N4O4/c1-26-16-9-8-13(12-17(16)27-2)18-22-19(28-23-18)15-7-5-11-24(15)20(25)14-6-3-4-10-21-14/h3-4,6,8-10,12,15H,5,7,11H2,1-2H3/t15-/m0/s1. The molecule has 2 aromatic heterocycles. The summed E-state index contributed by atoms with van der Waals surface area (Å²) < 4.78 is 16.1. The van der Waals surface area contributed by atoms with E-state index in [2.05, 4.69) is 15.1 Å². The van der Waals surface area contributed by atoms with E-state index < -0.39 is 0 Å². The molecule has 1 atom stereocenters. The van der Waals surface area contributed by atoms with Crippen molar-refractivity contribution >= 4 is 5.91 Å². The molecule has 3 heterocycles. The van der Waals surface area contributed by atoms with Gasteiger partial charge in [-0.05, 0) is 43.2 Å². The number of amides is 1. The van der Waals surface area contributed by atoms with Gasteiger partial charge >= 0.3 is 0 Å². The van der Waals surface area contributed by atoms with Crippen molar-refractivity contribution in [2.75, 3.05) is 20.8 Å². The normalized spacial score (nSPS) is 16.2. The van der Waals surface area contributed by atoms with Crippen LogP contribution >= 0.6 is 0 Å². The minimum absolute atomic E-state index is 0.131. The number of nitrogens with zero attached hydrogens (tertiary/aromatic N) is 4. The predicted octanol–water partition coefficient (Wildman–Crippen LogP) is 3.13. The molecule has 8 heteroatoms. The number of hydrogen-bond acceptors (Lipinski definition) is 7. The zero-order valence-corrected chi connectivity index (χ0v) is 15.7. The monoisotopic (exact) mass is 380 g/mol. The van der Waals surface area contributed by atoms with Gasteiger partial charge in [0.05, 0.1) is 14.2 Å². The molecule has 0 spiro atoms. The lowest BCUT2D eigenvalue weighted by Crippen LogP contribution is -2.31. The lowest BCUT2D eigenvalue weighted by Gasteiger charge is -2.21. The van der Waals surface area contributed by atoms with E-state index in [1.54, 1.807) is 55.6 Å². The molecular formula is C20H20N4O4. The summed E-state index contributed by atoms with van der Waals surface area (Å²) in [4.78, 5) is 23.2. The van der Waals surface area contributed by atoms with E-state index in [9.17, 15) is 4.79 Å². The van der Waals surface area contributed by atoms with E-state index in [1.807, 2.05) is 6.07 Å². The largest absolute Gasteiger partial charge is 0.493 e. The van der Waals surface area contributed by atoms with Crippen LogP contribution in [0.5, 0.6) is 11.5 Å². The van der Waals surface area contributed by atoms with Crippen LogP contribution in [0.15, 0.2) is 47.1 Å². The number of likely N-dealkylation sites (tertiary alicyclic amines) is 1. The van der Waals surface area contributed by atoms with Gasteiger partial charge in [0, 0.05) is 18.3 Å². The van der Waals surface area contributed by atoms with Crippen LogP contribution in [0.2, 0.25) is 0 Å². The Balaban J connectivity index is 1.59. The summed E-state index contributed by atoms with van der Waals surface area (Å²) in [6.07, 6.45) is 3.25. The Labute approximate surface area is 162 Å². The van der Waals surface area contributed by atoms with Crippen molar-refractivity contribution < 1.29 is 18.8 Å². The molecule has 8 nitrogen and oxygen atoms in total. The van der Waals surface area contributed by atoms with Crippen molar-refractivity contribution in [2.45, 2.75) is 18.9 Å². The molecule has 0 saturated carbocycles. The molecule has 0 bridgehead atoms. The van der Waals surface area contributed by atoms with Gasteiger partial charge in [0.25, 0.3) is 5.91 Å². The van der Waals surface area contributed by atoms with E-state index >= 15 is 0 Å². The van der Waals surface area contributed by atoms with Crippen molar-refractivity contribution in [2.24, 2.45) is 0 Å². The van der Waals surface area contributed by atoms with Gasteiger partial charge in [-0.3, -0.25) is 9.78 Å². The summed E-state index contributed by atoms with van der Waals surface area (Å²) in [6, 6.07) is 10.5. The van der Waals surface area contributed by atoms with Crippen LogP contribution in [0.25, 0.3) is 11.4 Å². The average Bonchev–Trinajstić information content (AvgIpc) is 3.42. The molecule has 144 valence electrons. The minimum atomic E-state index is -0.254. The highest BCUT2D eigenvalue weighted by molar-refractivity contribution is 5.92. The minimum Gasteiger partial charge on any atom is -0.493 e. The van der Waals surface area contributed by atoms with Crippen LogP contribution in [0.1, 0.15) is 35.3 Å². The van der Waals surface area contributed by atoms with Crippen LogP contribution in [-0.2, 0) is 0 Å². The molecule has 0 radical (unpaired) electrons. The van der Waals surface area contributed by atoms with Gasteiger partial charge in [-0.15, -0.1) is 0 Å². The number of pyridine rings is 1. The first kappa shape index (κ1) is 18.0. The number of aromatic nitrogens is 3. The number of carbonyl (C=O) groups excluding carboxylic acids is 1. The molecule has 3 aromatic rings. The molecule has 1 amide bonds. The Morgan fingerprint density at radius 1 is 1.18 bits per heavy atom. The third-order valence-corrected chi connectivity index (χ3v) is 4.77. The summed E-state index contributed by atoms with van der Waals surface area (Å²) in [5.74, 6) is 1.94. The number of carbonyl (C=O) groups is 1. The Morgan fingerprint density at radius 3 is 2.79 bits per heavy atom. The lowest BCUT2D eigenvalue weighted by atomic mass is 10.2. The number of ether oxygens (including phenoxy) is 2. The fourth-order valence-corrected chi connectivity index (χ4v) is 3.37. The fourth-order valence-electron chi connectivity index (χ4n) is 3.37. The Hall–Kier alpha value is -3.42. The maximum atomic E-state index is 12.8. The van der Waals surface area contributed by atoms with Crippen molar-refractivity contribution in [1.82, 2.24) is 20.0 Å². The number of benzene rings is 1. The highest BCUT2D eigenvalue weighted by Gasteiger charge is 2.35. The Morgan fingerprint density at radius 2 is 2.04 bits per heavy atom. The van der Waals surface area contributed by atoms with Gasteiger partial charge in [0.15, 0.2) is 11.5 Å². The van der Waals surface area contributed by atoms with Crippen LogP contribution in [0.4, 0.5) is 0 Å². The lowest BCUT2D eigenvalue weighted by molar-refractivity contribution is 0.0704. The number of rotatable bonds is 5. The third-order valence-electron chi connectivity index (χ3n) is 4.77. The Kier molecular flexibility index (Phi) is 4.92. The molecular weight excluding hydrogens is 360 g/mol. The van der Waals surface area contributed by atoms with Crippen molar-refractivity contribution in [3.63, 3.8) is 0 Å². The molecule has 0 aliphatic carbocycles. The summed E-state index contributed by atoms with van der Waals surface area (Å²) in [5.41, 5.74) is 1.15. The predicted molar refractivity (Wildman–Crippen MR) is 100 cm³/mol. The topological polar surface area (TPSA) is 90.6 Å². The van der Waals surface area contributed by atoms with Crippen LogP contribution in [0.3, 0.4) is 0 Å².